The number of aromatic hydroxyl groups is 1. The molecule has 0 heterocycles. The number of benzene rings is 2. The molecular formula is C16H14O3. The van der Waals surface area contributed by atoms with Crippen molar-refractivity contribution >= 4 is 11.6 Å². The van der Waals surface area contributed by atoms with E-state index in [2.05, 4.69) is 0 Å². The van der Waals surface area contributed by atoms with Crippen molar-refractivity contribution in [1.82, 2.24) is 0 Å². The fourth-order valence-electron chi connectivity index (χ4n) is 1.93. The summed E-state index contributed by atoms with van der Waals surface area (Å²) < 4.78 is 0. The van der Waals surface area contributed by atoms with Crippen LogP contribution in [0.2, 0.25) is 0 Å². The summed E-state index contributed by atoms with van der Waals surface area (Å²) in [4.78, 5) is 24.0. The fraction of sp³-hybridized carbons (Fsp3) is 0.125. The Bertz CT molecular complexity index is 574. The molecule has 0 unspecified atom stereocenters. The van der Waals surface area contributed by atoms with E-state index in [1.54, 1.807) is 24.3 Å². The summed E-state index contributed by atoms with van der Waals surface area (Å²) >= 11 is 0. The Morgan fingerprint density at radius 3 is 2.05 bits per heavy atom. The van der Waals surface area contributed by atoms with Crippen LogP contribution in [0.5, 0.6) is 5.75 Å². The summed E-state index contributed by atoms with van der Waals surface area (Å²) in [5.74, 6) is -0.692. The van der Waals surface area contributed by atoms with E-state index in [-0.39, 0.29) is 29.3 Å². The highest BCUT2D eigenvalue weighted by molar-refractivity contribution is 6.14. The SMILES string of the molecule is Cc1ccccc1C(=O)CC(=O)c1ccccc1O. The van der Waals surface area contributed by atoms with Crippen molar-refractivity contribution in [3.8, 4) is 5.75 Å². The van der Waals surface area contributed by atoms with Crippen molar-refractivity contribution in [2.24, 2.45) is 0 Å². The maximum atomic E-state index is 12.1. The van der Waals surface area contributed by atoms with Crippen molar-refractivity contribution in [2.75, 3.05) is 0 Å². The van der Waals surface area contributed by atoms with Crippen molar-refractivity contribution in [3.63, 3.8) is 0 Å². The van der Waals surface area contributed by atoms with Crippen LogP contribution in [0.3, 0.4) is 0 Å². The molecule has 0 aromatic heterocycles. The number of hydrogen-bond acceptors (Lipinski definition) is 3. The van der Waals surface area contributed by atoms with Gasteiger partial charge in [0, 0.05) is 5.56 Å². The van der Waals surface area contributed by atoms with Gasteiger partial charge in [0.1, 0.15) is 5.75 Å². The van der Waals surface area contributed by atoms with Gasteiger partial charge in [0.15, 0.2) is 11.6 Å². The predicted molar refractivity (Wildman–Crippen MR) is 72.6 cm³/mol. The highest BCUT2D eigenvalue weighted by atomic mass is 16.3. The van der Waals surface area contributed by atoms with Crippen molar-refractivity contribution in [1.29, 1.82) is 0 Å². The summed E-state index contributed by atoms with van der Waals surface area (Å²) in [5.41, 5.74) is 1.58. The van der Waals surface area contributed by atoms with Crippen LogP contribution in [0.1, 0.15) is 32.7 Å². The molecule has 0 amide bonds. The number of phenolic OH excluding ortho intramolecular Hbond substituents is 1. The summed E-state index contributed by atoms with van der Waals surface area (Å²) in [6.07, 6.45) is -0.234. The molecule has 96 valence electrons. The number of carbonyl (C=O) groups is 2. The molecule has 0 saturated carbocycles. The molecule has 0 bridgehead atoms. The molecule has 1 N–H and O–H groups in total. The molecule has 2 aromatic rings. The van der Waals surface area contributed by atoms with E-state index >= 15 is 0 Å². The zero-order valence-electron chi connectivity index (χ0n) is 10.6. The third-order valence-electron chi connectivity index (χ3n) is 2.97. The molecule has 0 fully saturated rings. The first kappa shape index (κ1) is 13.0. The molecule has 2 rings (SSSR count). The second-order valence-corrected chi connectivity index (χ2v) is 4.36. The van der Waals surface area contributed by atoms with E-state index < -0.39 is 0 Å². The second kappa shape index (κ2) is 5.48. The average Bonchev–Trinajstić information content (AvgIpc) is 2.39. The summed E-state index contributed by atoms with van der Waals surface area (Å²) in [7, 11) is 0. The van der Waals surface area contributed by atoms with Gasteiger partial charge in [0.25, 0.3) is 0 Å². The number of Topliss-reactive ketones (excluding diaryl/α,β-unsaturated/α-hetero) is 2. The molecule has 0 saturated heterocycles. The number of aryl methyl sites for hydroxylation is 1. The number of rotatable bonds is 4. The lowest BCUT2D eigenvalue weighted by atomic mass is 9.98. The van der Waals surface area contributed by atoms with E-state index in [1.165, 1.54) is 12.1 Å². The summed E-state index contributed by atoms with van der Waals surface area (Å²) in [6, 6.07) is 13.4. The number of hydrogen-bond donors (Lipinski definition) is 1. The molecular weight excluding hydrogens is 240 g/mol. The van der Waals surface area contributed by atoms with Gasteiger partial charge in [0.2, 0.25) is 0 Å². The first-order chi connectivity index (χ1) is 9.09. The largest absolute Gasteiger partial charge is 0.507 e. The van der Waals surface area contributed by atoms with Gasteiger partial charge in [-0.2, -0.15) is 0 Å². The normalized spacial score (nSPS) is 10.2. The molecule has 3 nitrogen and oxygen atoms in total. The van der Waals surface area contributed by atoms with Crippen LogP contribution in [0.25, 0.3) is 0 Å². The predicted octanol–water partition coefficient (Wildman–Crippen LogP) is 3.16. The number of carbonyl (C=O) groups excluding carboxylic acids is 2. The minimum atomic E-state index is -0.369. The van der Waals surface area contributed by atoms with Gasteiger partial charge in [-0.25, -0.2) is 0 Å². The van der Waals surface area contributed by atoms with E-state index in [1.807, 2.05) is 19.1 Å². The fourth-order valence-corrected chi connectivity index (χ4v) is 1.93. The first-order valence-electron chi connectivity index (χ1n) is 5.99. The van der Waals surface area contributed by atoms with E-state index in [0.29, 0.717) is 5.56 Å². The van der Waals surface area contributed by atoms with Gasteiger partial charge < -0.3 is 5.11 Å². The molecule has 2 aromatic carbocycles. The second-order valence-electron chi connectivity index (χ2n) is 4.36. The molecule has 0 spiro atoms. The third kappa shape index (κ3) is 2.88. The van der Waals surface area contributed by atoms with Gasteiger partial charge in [-0.3, -0.25) is 9.59 Å². The standard InChI is InChI=1S/C16H14O3/c1-11-6-2-3-7-12(11)15(18)10-16(19)13-8-4-5-9-14(13)17/h2-9,17H,10H2,1H3. The zero-order chi connectivity index (χ0) is 13.8. The Morgan fingerprint density at radius 1 is 0.895 bits per heavy atom. The highest BCUT2D eigenvalue weighted by Crippen LogP contribution is 2.19. The Labute approximate surface area is 111 Å². The topological polar surface area (TPSA) is 54.4 Å². The van der Waals surface area contributed by atoms with Gasteiger partial charge in [0.05, 0.1) is 12.0 Å². The van der Waals surface area contributed by atoms with E-state index in [0.717, 1.165) is 5.56 Å². The zero-order valence-corrected chi connectivity index (χ0v) is 10.6. The minimum Gasteiger partial charge on any atom is -0.507 e. The van der Waals surface area contributed by atoms with Crippen LogP contribution in [-0.4, -0.2) is 16.7 Å². The molecule has 0 aliphatic carbocycles. The van der Waals surface area contributed by atoms with Gasteiger partial charge >= 0.3 is 0 Å². The number of ketones is 2. The minimum absolute atomic E-state index is 0.0925. The average molecular weight is 254 g/mol. The summed E-state index contributed by atoms with van der Waals surface area (Å²) in [5, 5.41) is 9.59. The van der Waals surface area contributed by atoms with Gasteiger partial charge in [-0.15, -0.1) is 0 Å². The third-order valence-corrected chi connectivity index (χ3v) is 2.97. The Kier molecular flexibility index (Phi) is 3.76. The Balaban J connectivity index is 2.19. The molecule has 0 aliphatic rings. The van der Waals surface area contributed by atoms with Crippen molar-refractivity contribution in [2.45, 2.75) is 13.3 Å². The van der Waals surface area contributed by atoms with Crippen LogP contribution >= 0.6 is 0 Å². The monoisotopic (exact) mass is 254 g/mol. The van der Waals surface area contributed by atoms with Crippen LogP contribution in [0.4, 0.5) is 0 Å². The number of para-hydroxylation sites is 1. The Hall–Kier alpha value is -2.42. The van der Waals surface area contributed by atoms with Crippen molar-refractivity contribution < 1.29 is 14.7 Å². The van der Waals surface area contributed by atoms with Crippen LogP contribution < -0.4 is 0 Å². The smallest absolute Gasteiger partial charge is 0.174 e. The Morgan fingerprint density at radius 2 is 1.42 bits per heavy atom. The first-order valence-corrected chi connectivity index (χ1v) is 5.99. The quantitative estimate of drug-likeness (QED) is 0.673. The highest BCUT2D eigenvalue weighted by Gasteiger charge is 2.17. The molecule has 0 radical (unpaired) electrons. The summed E-state index contributed by atoms with van der Waals surface area (Å²) in [6.45, 7) is 1.83. The van der Waals surface area contributed by atoms with Crippen LogP contribution in [-0.2, 0) is 0 Å². The van der Waals surface area contributed by atoms with Crippen LogP contribution in [0, 0.1) is 6.92 Å². The lowest BCUT2D eigenvalue weighted by Crippen LogP contribution is -2.10. The van der Waals surface area contributed by atoms with Gasteiger partial charge in [-0.1, -0.05) is 36.4 Å². The lowest BCUT2D eigenvalue weighted by molar-refractivity contribution is 0.0893. The van der Waals surface area contributed by atoms with Crippen LogP contribution in [0.15, 0.2) is 48.5 Å². The lowest BCUT2D eigenvalue weighted by Gasteiger charge is -2.05. The molecule has 19 heavy (non-hydrogen) atoms. The maximum Gasteiger partial charge on any atom is 0.174 e. The van der Waals surface area contributed by atoms with E-state index in [4.69, 9.17) is 0 Å². The van der Waals surface area contributed by atoms with Crippen molar-refractivity contribution in [3.05, 3.63) is 65.2 Å². The molecule has 0 atom stereocenters. The maximum absolute atomic E-state index is 12.1. The van der Waals surface area contributed by atoms with Gasteiger partial charge in [-0.05, 0) is 24.6 Å². The van der Waals surface area contributed by atoms with E-state index in [9.17, 15) is 14.7 Å². The molecule has 0 aliphatic heterocycles. The molecule has 3 heteroatoms. The number of phenols is 1.